The molecule has 1 aliphatic rings. The summed E-state index contributed by atoms with van der Waals surface area (Å²) in [6.45, 7) is 6.05. The predicted octanol–water partition coefficient (Wildman–Crippen LogP) is 0.424. The fourth-order valence-electron chi connectivity index (χ4n) is 2.36. The van der Waals surface area contributed by atoms with Crippen LogP contribution in [-0.2, 0) is 4.79 Å². The Balaban J connectivity index is 2.25. The van der Waals surface area contributed by atoms with E-state index in [4.69, 9.17) is 5.73 Å². The van der Waals surface area contributed by atoms with Crippen molar-refractivity contribution in [3.05, 3.63) is 0 Å². The molecule has 6 nitrogen and oxygen atoms in total. The van der Waals surface area contributed by atoms with Gasteiger partial charge in [0.25, 0.3) is 0 Å². The summed E-state index contributed by atoms with van der Waals surface area (Å²) in [5, 5.41) is 5.97. The van der Waals surface area contributed by atoms with E-state index in [1.807, 2.05) is 4.90 Å². The van der Waals surface area contributed by atoms with E-state index in [2.05, 4.69) is 24.5 Å². The van der Waals surface area contributed by atoms with Gasteiger partial charge < -0.3 is 16.4 Å². The first-order chi connectivity index (χ1) is 9.05. The first kappa shape index (κ1) is 15.8. The molecular weight excluding hydrogens is 244 g/mol. The van der Waals surface area contributed by atoms with Gasteiger partial charge in [-0.3, -0.25) is 9.69 Å². The highest BCUT2D eigenvalue weighted by atomic mass is 16.2. The second-order valence-electron chi connectivity index (χ2n) is 5.15. The van der Waals surface area contributed by atoms with Gasteiger partial charge in [-0.1, -0.05) is 13.8 Å². The number of carbonyl (C=O) groups excluding carboxylic acids is 2. The van der Waals surface area contributed by atoms with Crippen molar-refractivity contribution in [2.75, 3.05) is 19.6 Å². The minimum Gasteiger partial charge on any atom is -0.369 e. The Morgan fingerprint density at radius 1 is 1.26 bits per heavy atom. The second kappa shape index (κ2) is 7.99. The van der Waals surface area contributed by atoms with Gasteiger partial charge in [0.1, 0.15) is 0 Å². The highest BCUT2D eigenvalue weighted by Gasteiger charge is 2.21. The number of hydrogen-bond acceptors (Lipinski definition) is 3. The molecule has 6 heteroatoms. The third-order valence-corrected chi connectivity index (χ3v) is 3.62. The van der Waals surface area contributed by atoms with Gasteiger partial charge in [-0.25, -0.2) is 4.79 Å². The number of likely N-dealkylation sites (tertiary alicyclic amines) is 1. The number of hydrogen-bond donors (Lipinski definition) is 3. The number of nitrogens with one attached hydrogen (secondary N) is 2. The molecule has 1 heterocycles. The number of nitrogens with zero attached hydrogens (tertiary/aromatic N) is 1. The summed E-state index contributed by atoms with van der Waals surface area (Å²) in [5.74, 6) is -0.294. The van der Waals surface area contributed by atoms with E-state index in [1.165, 1.54) is 0 Å². The van der Waals surface area contributed by atoms with Gasteiger partial charge in [-0.2, -0.15) is 0 Å². The third-order valence-electron chi connectivity index (χ3n) is 3.62. The summed E-state index contributed by atoms with van der Waals surface area (Å²) in [5.41, 5.74) is 5.16. The zero-order chi connectivity index (χ0) is 14.3. The van der Waals surface area contributed by atoms with Crippen LogP contribution in [0.1, 0.15) is 39.5 Å². The molecule has 0 aromatic rings. The van der Waals surface area contributed by atoms with Crippen molar-refractivity contribution in [3.63, 3.8) is 0 Å². The average molecular weight is 270 g/mol. The van der Waals surface area contributed by atoms with Crippen LogP contribution in [0, 0.1) is 0 Å². The maximum absolute atomic E-state index is 11.8. The summed E-state index contributed by atoms with van der Waals surface area (Å²) in [7, 11) is 0. The molecule has 1 rings (SSSR count). The van der Waals surface area contributed by atoms with Gasteiger partial charge in [0.2, 0.25) is 5.91 Å². The normalized spacial score (nSPS) is 17.4. The lowest BCUT2D eigenvalue weighted by Gasteiger charge is -2.31. The Labute approximate surface area is 115 Å². The van der Waals surface area contributed by atoms with Gasteiger partial charge in [-0.05, 0) is 25.7 Å². The Hall–Kier alpha value is -1.30. The van der Waals surface area contributed by atoms with Crippen LogP contribution in [0.2, 0.25) is 0 Å². The van der Waals surface area contributed by atoms with Gasteiger partial charge in [0, 0.05) is 25.2 Å². The summed E-state index contributed by atoms with van der Waals surface area (Å²) in [6, 6.07) is 0.357. The maximum atomic E-state index is 11.8. The molecule has 3 amide bonds. The molecule has 19 heavy (non-hydrogen) atoms. The SMILES string of the molecule is CCC(CC)NC(=O)NC1CCN(CC(N)=O)CC1. The van der Waals surface area contributed by atoms with E-state index in [1.54, 1.807) is 0 Å². The van der Waals surface area contributed by atoms with Crippen LogP contribution in [0.5, 0.6) is 0 Å². The quantitative estimate of drug-likeness (QED) is 0.654. The van der Waals surface area contributed by atoms with Gasteiger partial charge in [0.05, 0.1) is 6.54 Å². The molecule has 0 saturated carbocycles. The van der Waals surface area contributed by atoms with Crippen molar-refractivity contribution >= 4 is 11.9 Å². The molecule has 0 aromatic heterocycles. The van der Waals surface area contributed by atoms with Crippen molar-refractivity contribution in [1.82, 2.24) is 15.5 Å². The van der Waals surface area contributed by atoms with Gasteiger partial charge >= 0.3 is 6.03 Å². The summed E-state index contributed by atoms with van der Waals surface area (Å²) in [4.78, 5) is 24.6. The van der Waals surface area contributed by atoms with Crippen molar-refractivity contribution < 1.29 is 9.59 Å². The molecule has 0 radical (unpaired) electrons. The van der Waals surface area contributed by atoms with Crippen molar-refractivity contribution in [1.29, 1.82) is 0 Å². The molecule has 0 spiro atoms. The first-order valence-electron chi connectivity index (χ1n) is 7.12. The van der Waals surface area contributed by atoms with E-state index in [0.29, 0.717) is 6.54 Å². The van der Waals surface area contributed by atoms with Crippen LogP contribution in [0.3, 0.4) is 0 Å². The average Bonchev–Trinajstić information content (AvgIpc) is 2.37. The molecule has 0 bridgehead atoms. The van der Waals surface area contributed by atoms with Crippen molar-refractivity contribution in [2.45, 2.75) is 51.6 Å². The molecule has 1 saturated heterocycles. The highest BCUT2D eigenvalue weighted by Crippen LogP contribution is 2.09. The maximum Gasteiger partial charge on any atom is 0.315 e. The molecule has 110 valence electrons. The molecule has 0 aliphatic carbocycles. The summed E-state index contributed by atoms with van der Waals surface area (Å²) >= 11 is 0. The third kappa shape index (κ3) is 5.92. The standard InChI is InChI=1S/C13H26N4O2/c1-3-10(4-2)15-13(19)16-11-5-7-17(8-6-11)9-12(14)18/h10-11H,3-9H2,1-2H3,(H2,14,18)(H2,15,16,19). The number of primary amides is 1. The lowest BCUT2D eigenvalue weighted by atomic mass is 10.1. The molecule has 0 atom stereocenters. The first-order valence-corrected chi connectivity index (χ1v) is 7.12. The molecule has 0 aromatic carbocycles. The van der Waals surface area contributed by atoms with E-state index in [-0.39, 0.29) is 24.0 Å². The summed E-state index contributed by atoms with van der Waals surface area (Å²) in [6.07, 6.45) is 3.62. The topological polar surface area (TPSA) is 87.5 Å². The molecule has 1 aliphatic heterocycles. The number of carbonyl (C=O) groups is 2. The van der Waals surface area contributed by atoms with Crippen LogP contribution < -0.4 is 16.4 Å². The van der Waals surface area contributed by atoms with Crippen LogP contribution in [-0.4, -0.2) is 48.6 Å². The molecule has 0 unspecified atom stereocenters. The molecule has 1 fully saturated rings. The monoisotopic (exact) mass is 270 g/mol. The van der Waals surface area contributed by atoms with Gasteiger partial charge in [-0.15, -0.1) is 0 Å². The van der Waals surface area contributed by atoms with Gasteiger partial charge in [0.15, 0.2) is 0 Å². The summed E-state index contributed by atoms with van der Waals surface area (Å²) < 4.78 is 0. The Kier molecular flexibility index (Phi) is 6.62. The number of urea groups is 1. The van der Waals surface area contributed by atoms with E-state index >= 15 is 0 Å². The minimum absolute atomic E-state index is 0.0814. The van der Waals surface area contributed by atoms with Crippen molar-refractivity contribution in [3.8, 4) is 0 Å². The van der Waals surface area contributed by atoms with Crippen LogP contribution in [0.25, 0.3) is 0 Å². The number of amides is 3. The zero-order valence-corrected chi connectivity index (χ0v) is 11.9. The van der Waals surface area contributed by atoms with E-state index < -0.39 is 0 Å². The lowest BCUT2D eigenvalue weighted by molar-refractivity contribution is -0.119. The fraction of sp³-hybridized carbons (Fsp3) is 0.846. The smallest absolute Gasteiger partial charge is 0.315 e. The van der Waals surface area contributed by atoms with Crippen LogP contribution in [0.4, 0.5) is 4.79 Å². The molecular formula is C13H26N4O2. The number of piperidine rings is 1. The second-order valence-corrected chi connectivity index (χ2v) is 5.15. The predicted molar refractivity (Wildman–Crippen MR) is 74.7 cm³/mol. The number of nitrogens with two attached hydrogens (primary N) is 1. The van der Waals surface area contributed by atoms with Crippen molar-refractivity contribution in [2.24, 2.45) is 5.73 Å². The highest BCUT2D eigenvalue weighted by molar-refractivity contribution is 5.76. The molecule has 4 N–H and O–H groups in total. The Morgan fingerprint density at radius 3 is 2.32 bits per heavy atom. The Bertz CT molecular complexity index is 297. The van der Waals surface area contributed by atoms with E-state index in [0.717, 1.165) is 38.8 Å². The van der Waals surface area contributed by atoms with E-state index in [9.17, 15) is 9.59 Å². The fourth-order valence-corrected chi connectivity index (χ4v) is 2.36. The Morgan fingerprint density at radius 2 is 1.84 bits per heavy atom. The minimum atomic E-state index is -0.294. The lowest BCUT2D eigenvalue weighted by Crippen LogP contribution is -2.50. The zero-order valence-electron chi connectivity index (χ0n) is 11.9. The largest absolute Gasteiger partial charge is 0.369 e. The number of rotatable bonds is 6. The van der Waals surface area contributed by atoms with Crippen LogP contribution >= 0.6 is 0 Å². The van der Waals surface area contributed by atoms with Crippen LogP contribution in [0.15, 0.2) is 0 Å².